The highest BCUT2D eigenvalue weighted by atomic mass is 16.2. The van der Waals surface area contributed by atoms with Gasteiger partial charge in [0.15, 0.2) is 5.82 Å². The molecular formula is C9H12N4O2. The first-order chi connectivity index (χ1) is 7.08. The zero-order valence-electron chi connectivity index (χ0n) is 8.36. The molecule has 1 aliphatic rings. The van der Waals surface area contributed by atoms with Gasteiger partial charge in [0, 0.05) is 24.7 Å². The lowest BCUT2D eigenvalue weighted by atomic mass is 10.1. The molecule has 0 bridgehead atoms. The van der Waals surface area contributed by atoms with E-state index in [0.29, 0.717) is 12.4 Å². The van der Waals surface area contributed by atoms with Gasteiger partial charge in [-0.1, -0.05) is 0 Å². The summed E-state index contributed by atoms with van der Waals surface area (Å²) >= 11 is 0. The van der Waals surface area contributed by atoms with Crippen LogP contribution in [0, 0.1) is 12.8 Å². The Balaban J connectivity index is 2.18. The number of nitrogens with one attached hydrogen (secondary N) is 1. The van der Waals surface area contributed by atoms with Gasteiger partial charge in [-0.05, 0) is 6.92 Å². The van der Waals surface area contributed by atoms with Crippen molar-refractivity contribution in [2.24, 2.45) is 11.7 Å². The maximum absolute atomic E-state index is 11.6. The summed E-state index contributed by atoms with van der Waals surface area (Å²) in [5.41, 5.74) is 6.03. The first kappa shape index (κ1) is 9.70. The summed E-state index contributed by atoms with van der Waals surface area (Å²) in [6.07, 6.45) is 0.182. The zero-order valence-corrected chi connectivity index (χ0v) is 8.36. The predicted octanol–water partition coefficient (Wildman–Crippen LogP) is -0.444. The summed E-state index contributed by atoms with van der Waals surface area (Å²) in [6.45, 7) is 2.18. The number of hydrogen-bond donors (Lipinski definition) is 2. The zero-order chi connectivity index (χ0) is 11.0. The van der Waals surface area contributed by atoms with Crippen molar-refractivity contribution in [1.29, 1.82) is 0 Å². The minimum Gasteiger partial charge on any atom is -0.369 e. The molecule has 0 aliphatic carbocycles. The Morgan fingerprint density at radius 1 is 1.73 bits per heavy atom. The number of aromatic amines is 1. The van der Waals surface area contributed by atoms with Gasteiger partial charge in [0.25, 0.3) is 0 Å². The average molecular weight is 208 g/mol. The Morgan fingerprint density at radius 2 is 2.47 bits per heavy atom. The Labute approximate surface area is 86.4 Å². The molecule has 1 aliphatic heterocycles. The van der Waals surface area contributed by atoms with Crippen molar-refractivity contribution in [3.8, 4) is 0 Å². The van der Waals surface area contributed by atoms with E-state index < -0.39 is 11.8 Å². The summed E-state index contributed by atoms with van der Waals surface area (Å²) < 4.78 is 0. The lowest BCUT2D eigenvalue weighted by Crippen LogP contribution is -2.28. The highest BCUT2D eigenvalue weighted by Gasteiger charge is 2.34. The van der Waals surface area contributed by atoms with Crippen LogP contribution in [-0.4, -0.2) is 28.6 Å². The van der Waals surface area contributed by atoms with Gasteiger partial charge in [0.1, 0.15) is 0 Å². The molecule has 80 valence electrons. The van der Waals surface area contributed by atoms with E-state index in [1.807, 2.05) is 6.92 Å². The molecule has 1 atom stereocenters. The molecule has 1 saturated heterocycles. The molecule has 0 spiro atoms. The number of anilines is 1. The van der Waals surface area contributed by atoms with Crippen LogP contribution in [0.25, 0.3) is 0 Å². The summed E-state index contributed by atoms with van der Waals surface area (Å²) in [4.78, 5) is 24.0. The van der Waals surface area contributed by atoms with E-state index >= 15 is 0 Å². The van der Waals surface area contributed by atoms with Gasteiger partial charge in [-0.2, -0.15) is 5.10 Å². The van der Waals surface area contributed by atoms with Gasteiger partial charge < -0.3 is 5.73 Å². The van der Waals surface area contributed by atoms with Crippen molar-refractivity contribution in [2.75, 3.05) is 11.4 Å². The van der Waals surface area contributed by atoms with Crippen molar-refractivity contribution in [1.82, 2.24) is 10.2 Å². The quantitative estimate of drug-likeness (QED) is 0.689. The predicted molar refractivity (Wildman–Crippen MR) is 53.0 cm³/mol. The number of aromatic nitrogens is 2. The number of carbonyl (C=O) groups excluding carboxylic acids is 2. The molecule has 6 nitrogen and oxygen atoms in total. The average Bonchev–Trinajstić information content (AvgIpc) is 2.71. The van der Waals surface area contributed by atoms with Gasteiger partial charge >= 0.3 is 0 Å². The fraction of sp³-hybridized carbons (Fsp3) is 0.444. The van der Waals surface area contributed by atoms with Gasteiger partial charge in [0.05, 0.1) is 5.92 Å². The second-order valence-corrected chi connectivity index (χ2v) is 3.72. The Kier molecular flexibility index (Phi) is 2.18. The lowest BCUT2D eigenvalue weighted by Gasteiger charge is -2.11. The van der Waals surface area contributed by atoms with Gasteiger partial charge in [-0.3, -0.25) is 19.6 Å². The van der Waals surface area contributed by atoms with E-state index in [1.54, 1.807) is 6.07 Å². The highest BCUT2D eigenvalue weighted by molar-refractivity contribution is 5.99. The number of rotatable bonds is 2. The number of aryl methyl sites for hydroxylation is 1. The molecule has 1 unspecified atom stereocenters. The molecule has 1 aromatic heterocycles. The van der Waals surface area contributed by atoms with E-state index in [0.717, 1.165) is 5.69 Å². The normalized spacial score (nSPS) is 21.0. The second-order valence-electron chi connectivity index (χ2n) is 3.72. The van der Waals surface area contributed by atoms with E-state index in [2.05, 4.69) is 10.2 Å². The minimum atomic E-state index is -0.432. The second kappa shape index (κ2) is 3.38. The fourth-order valence-electron chi connectivity index (χ4n) is 1.66. The van der Waals surface area contributed by atoms with Crippen LogP contribution in [0.4, 0.5) is 5.82 Å². The first-order valence-electron chi connectivity index (χ1n) is 4.69. The third kappa shape index (κ3) is 1.70. The molecule has 0 radical (unpaired) electrons. The molecular weight excluding hydrogens is 196 g/mol. The SMILES string of the molecule is Cc1cc(N2CC(C(N)=O)CC2=O)n[nH]1. The third-order valence-corrected chi connectivity index (χ3v) is 2.50. The van der Waals surface area contributed by atoms with Crippen LogP contribution in [0.2, 0.25) is 0 Å². The van der Waals surface area contributed by atoms with Crippen molar-refractivity contribution < 1.29 is 9.59 Å². The fourth-order valence-corrected chi connectivity index (χ4v) is 1.66. The monoisotopic (exact) mass is 208 g/mol. The van der Waals surface area contributed by atoms with Crippen molar-refractivity contribution in [3.63, 3.8) is 0 Å². The summed E-state index contributed by atoms with van der Waals surface area (Å²) in [5, 5.41) is 6.72. The smallest absolute Gasteiger partial charge is 0.229 e. The maximum atomic E-state index is 11.6. The van der Waals surface area contributed by atoms with Crippen LogP contribution in [0.1, 0.15) is 12.1 Å². The lowest BCUT2D eigenvalue weighted by molar-refractivity contribution is -0.123. The molecule has 0 aromatic carbocycles. The van der Waals surface area contributed by atoms with Crippen LogP contribution in [0.3, 0.4) is 0 Å². The number of H-pyrrole nitrogens is 1. The van der Waals surface area contributed by atoms with E-state index in [1.165, 1.54) is 4.90 Å². The molecule has 1 fully saturated rings. The van der Waals surface area contributed by atoms with Crippen LogP contribution in [0.15, 0.2) is 6.07 Å². The highest BCUT2D eigenvalue weighted by Crippen LogP contribution is 2.23. The van der Waals surface area contributed by atoms with Crippen molar-refractivity contribution >= 4 is 17.6 Å². The molecule has 1 aromatic rings. The van der Waals surface area contributed by atoms with E-state index in [-0.39, 0.29) is 12.3 Å². The van der Waals surface area contributed by atoms with Crippen LogP contribution >= 0.6 is 0 Å². The molecule has 15 heavy (non-hydrogen) atoms. The van der Waals surface area contributed by atoms with Gasteiger partial charge in [-0.25, -0.2) is 0 Å². The number of nitrogens with zero attached hydrogens (tertiary/aromatic N) is 2. The Hall–Kier alpha value is -1.85. The summed E-state index contributed by atoms with van der Waals surface area (Å²) in [7, 11) is 0. The third-order valence-electron chi connectivity index (χ3n) is 2.50. The van der Waals surface area contributed by atoms with E-state index in [9.17, 15) is 9.59 Å². The van der Waals surface area contributed by atoms with Crippen LogP contribution in [-0.2, 0) is 9.59 Å². The summed E-state index contributed by atoms with van der Waals surface area (Å²) in [6, 6.07) is 1.77. The Bertz CT molecular complexity index is 412. The minimum absolute atomic E-state index is 0.106. The molecule has 6 heteroatoms. The number of carbonyl (C=O) groups is 2. The maximum Gasteiger partial charge on any atom is 0.229 e. The standard InChI is InChI=1S/C9H12N4O2/c1-5-2-7(12-11-5)13-4-6(9(10)15)3-8(13)14/h2,6H,3-4H2,1H3,(H2,10,15)(H,11,12). The number of hydrogen-bond acceptors (Lipinski definition) is 3. The van der Waals surface area contributed by atoms with Crippen LogP contribution in [0.5, 0.6) is 0 Å². The van der Waals surface area contributed by atoms with Crippen molar-refractivity contribution in [2.45, 2.75) is 13.3 Å². The van der Waals surface area contributed by atoms with E-state index in [4.69, 9.17) is 5.73 Å². The molecule has 2 heterocycles. The first-order valence-corrected chi connectivity index (χ1v) is 4.69. The topological polar surface area (TPSA) is 92.1 Å². The largest absolute Gasteiger partial charge is 0.369 e. The Morgan fingerprint density at radius 3 is 2.93 bits per heavy atom. The van der Waals surface area contributed by atoms with Crippen LogP contribution < -0.4 is 10.6 Å². The number of amides is 2. The van der Waals surface area contributed by atoms with Crippen molar-refractivity contribution in [3.05, 3.63) is 11.8 Å². The van der Waals surface area contributed by atoms with Gasteiger partial charge in [-0.15, -0.1) is 0 Å². The van der Waals surface area contributed by atoms with Gasteiger partial charge in [0.2, 0.25) is 11.8 Å². The molecule has 0 saturated carbocycles. The molecule has 2 amide bonds. The number of nitrogens with two attached hydrogens (primary N) is 1. The number of primary amides is 1. The molecule has 2 rings (SSSR count). The molecule has 3 N–H and O–H groups in total. The summed E-state index contributed by atoms with van der Waals surface area (Å²) in [5.74, 6) is -0.376.